The summed E-state index contributed by atoms with van der Waals surface area (Å²) in [7, 11) is 1.55. The average Bonchev–Trinajstić information content (AvgIpc) is 2.79. The molecule has 4 rings (SSSR count). The zero-order chi connectivity index (χ0) is 21.8. The van der Waals surface area contributed by atoms with Crippen LogP contribution in [0.5, 0.6) is 5.75 Å². The summed E-state index contributed by atoms with van der Waals surface area (Å²) in [5.41, 5.74) is 8.82. The van der Waals surface area contributed by atoms with Crippen LogP contribution in [-0.4, -0.2) is 33.6 Å². The van der Waals surface area contributed by atoms with E-state index in [1.807, 2.05) is 18.2 Å². The molecule has 3 heterocycles. The lowest BCUT2D eigenvalue weighted by Crippen LogP contribution is -2.12. The normalized spacial score (nSPS) is 10.6. The van der Waals surface area contributed by atoms with Crippen molar-refractivity contribution in [1.82, 2.24) is 19.9 Å². The SMILES string of the molecule is COc1c(-c2cccnc2)c(CCNc2ncnc(N)c2C#N)nc2ccc(F)cc12. The van der Waals surface area contributed by atoms with Crippen molar-refractivity contribution in [2.45, 2.75) is 6.42 Å². The monoisotopic (exact) mass is 415 g/mol. The van der Waals surface area contributed by atoms with Gasteiger partial charge in [0.15, 0.2) is 0 Å². The molecule has 1 aromatic carbocycles. The predicted molar refractivity (Wildman–Crippen MR) is 115 cm³/mol. The highest BCUT2D eigenvalue weighted by molar-refractivity contribution is 5.93. The minimum absolute atomic E-state index is 0.114. The van der Waals surface area contributed by atoms with E-state index in [0.29, 0.717) is 35.4 Å². The Morgan fingerprint density at radius 1 is 1.26 bits per heavy atom. The molecule has 8 nitrogen and oxygen atoms in total. The van der Waals surface area contributed by atoms with Crippen molar-refractivity contribution in [3.05, 3.63) is 66.1 Å². The summed E-state index contributed by atoms with van der Waals surface area (Å²) in [5.74, 6) is 0.623. The van der Waals surface area contributed by atoms with E-state index in [-0.39, 0.29) is 17.2 Å². The van der Waals surface area contributed by atoms with Crippen LogP contribution >= 0.6 is 0 Å². The van der Waals surface area contributed by atoms with Crippen molar-refractivity contribution in [1.29, 1.82) is 5.26 Å². The second-order valence-corrected chi connectivity index (χ2v) is 6.64. The lowest BCUT2D eigenvalue weighted by atomic mass is 9.99. The number of nitrogens with two attached hydrogens (primary N) is 1. The molecule has 0 fully saturated rings. The number of aromatic nitrogens is 4. The molecule has 0 saturated carbocycles. The molecule has 0 aliphatic carbocycles. The smallest absolute Gasteiger partial charge is 0.149 e. The molecule has 0 bridgehead atoms. The maximum absolute atomic E-state index is 13.9. The predicted octanol–water partition coefficient (Wildman–Crippen LogP) is 3.34. The molecule has 154 valence electrons. The summed E-state index contributed by atoms with van der Waals surface area (Å²) in [6, 6.07) is 10.1. The molecule has 0 spiro atoms. The molecule has 0 radical (unpaired) electrons. The van der Waals surface area contributed by atoms with Gasteiger partial charge in [-0.1, -0.05) is 6.07 Å². The fraction of sp³-hybridized carbons (Fsp3) is 0.136. The Labute approximate surface area is 177 Å². The maximum atomic E-state index is 13.9. The Morgan fingerprint density at radius 2 is 2.13 bits per heavy atom. The van der Waals surface area contributed by atoms with Gasteiger partial charge in [0, 0.05) is 41.9 Å². The van der Waals surface area contributed by atoms with E-state index in [1.165, 1.54) is 18.5 Å². The van der Waals surface area contributed by atoms with Crippen molar-refractivity contribution in [3.63, 3.8) is 0 Å². The Hall–Kier alpha value is -4.32. The Balaban J connectivity index is 1.76. The van der Waals surface area contributed by atoms with Crippen LogP contribution in [0.1, 0.15) is 11.3 Å². The Bertz CT molecular complexity index is 1290. The molecule has 9 heteroatoms. The van der Waals surface area contributed by atoms with Crippen LogP contribution in [0.3, 0.4) is 0 Å². The third-order valence-corrected chi connectivity index (χ3v) is 4.77. The number of ether oxygens (including phenoxy) is 1. The molecule has 0 unspecified atom stereocenters. The number of rotatable bonds is 6. The van der Waals surface area contributed by atoms with Gasteiger partial charge >= 0.3 is 0 Å². The number of nitrogens with zero attached hydrogens (tertiary/aromatic N) is 5. The number of nitrogen functional groups attached to an aromatic ring is 1. The zero-order valence-electron chi connectivity index (χ0n) is 16.6. The van der Waals surface area contributed by atoms with E-state index >= 15 is 0 Å². The van der Waals surface area contributed by atoms with Crippen LogP contribution in [0.4, 0.5) is 16.0 Å². The van der Waals surface area contributed by atoms with Crippen LogP contribution in [0, 0.1) is 17.1 Å². The van der Waals surface area contributed by atoms with Gasteiger partial charge in [-0.2, -0.15) is 5.26 Å². The topological polar surface area (TPSA) is 123 Å². The number of hydrogen-bond donors (Lipinski definition) is 2. The summed E-state index contributed by atoms with van der Waals surface area (Å²) < 4.78 is 19.6. The van der Waals surface area contributed by atoms with E-state index in [1.54, 1.807) is 25.6 Å². The first-order chi connectivity index (χ1) is 15.1. The second-order valence-electron chi connectivity index (χ2n) is 6.64. The number of halogens is 1. The number of fused-ring (bicyclic) bond motifs is 1. The maximum Gasteiger partial charge on any atom is 0.149 e. The quantitative estimate of drug-likeness (QED) is 0.492. The van der Waals surface area contributed by atoms with E-state index < -0.39 is 0 Å². The van der Waals surface area contributed by atoms with Gasteiger partial charge in [-0.05, 0) is 24.3 Å². The van der Waals surface area contributed by atoms with Gasteiger partial charge in [-0.15, -0.1) is 0 Å². The molecule has 3 N–H and O–H groups in total. The van der Waals surface area contributed by atoms with Gasteiger partial charge in [0.25, 0.3) is 0 Å². The van der Waals surface area contributed by atoms with Crippen LogP contribution in [0.15, 0.2) is 49.1 Å². The molecule has 0 atom stereocenters. The minimum Gasteiger partial charge on any atom is -0.495 e. The summed E-state index contributed by atoms with van der Waals surface area (Å²) in [6.45, 7) is 0.418. The van der Waals surface area contributed by atoms with Gasteiger partial charge in [0.05, 0.1) is 18.3 Å². The first kappa shape index (κ1) is 20.0. The fourth-order valence-corrected chi connectivity index (χ4v) is 3.40. The number of benzene rings is 1. The molecule has 3 aromatic heterocycles. The van der Waals surface area contributed by atoms with Crippen molar-refractivity contribution in [3.8, 4) is 22.9 Å². The summed E-state index contributed by atoms with van der Waals surface area (Å²) in [6.07, 6.45) is 5.16. The van der Waals surface area contributed by atoms with Crippen molar-refractivity contribution in [2.24, 2.45) is 0 Å². The average molecular weight is 415 g/mol. The second kappa shape index (κ2) is 8.59. The number of methoxy groups -OCH3 is 1. The van der Waals surface area contributed by atoms with Gasteiger partial charge in [0.2, 0.25) is 0 Å². The third-order valence-electron chi connectivity index (χ3n) is 4.77. The molecule has 0 saturated heterocycles. The minimum atomic E-state index is -0.371. The van der Waals surface area contributed by atoms with E-state index in [0.717, 1.165) is 16.8 Å². The summed E-state index contributed by atoms with van der Waals surface area (Å²) in [4.78, 5) is 16.9. The van der Waals surface area contributed by atoms with Gasteiger partial charge < -0.3 is 15.8 Å². The molecule has 0 aliphatic rings. The van der Waals surface area contributed by atoms with E-state index in [4.69, 9.17) is 15.5 Å². The van der Waals surface area contributed by atoms with Gasteiger partial charge in [-0.25, -0.2) is 14.4 Å². The van der Waals surface area contributed by atoms with Crippen LogP contribution < -0.4 is 15.8 Å². The molecular formula is C22H18FN7O. The number of nitrogens with one attached hydrogen (secondary N) is 1. The molecule has 4 aromatic rings. The van der Waals surface area contributed by atoms with Gasteiger partial charge in [0.1, 0.15) is 41.2 Å². The van der Waals surface area contributed by atoms with E-state index in [2.05, 4.69) is 20.3 Å². The Kier molecular flexibility index (Phi) is 5.53. The van der Waals surface area contributed by atoms with Crippen LogP contribution in [0.25, 0.3) is 22.0 Å². The molecule has 0 aliphatic heterocycles. The largest absolute Gasteiger partial charge is 0.495 e. The lowest BCUT2D eigenvalue weighted by molar-refractivity contribution is 0.420. The first-order valence-corrected chi connectivity index (χ1v) is 9.43. The number of pyridine rings is 2. The van der Waals surface area contributed by atoms with Crippen molar-refractivity contribution >= 4 is 22.5 Å². The molecule has 31 heavy (non-hydrogen) atoms. The Morgan fingerprint density at radius 3 is 2.87 bits per heavy atom. The highest BCUT2D eigenvalue weighted by Gasteiger charge is 2.18. The number of nitriles is 1. The third kappa shape index (κ3) is 3.91. The number of hydrogen-bond acceptors (Lipinski definition) is 8. The van der Waals surface area contributed by atoms with E-state index in [9.17, 15) is 9.65 Å². The van der Waals surface area contributed by atoms with Gasteiger partial charge in [-0.3, -0.25) is 9.97 Å². The highest BCUT2D eigenvalue weighted by atomic mass is 19.1. The standard InChI is InChI=1S/C22H18FN7O/c1-31-20-15-9-14(23)4-5-17(15)30-18(19(20)13-3-2-7-26-11-13)6-8-27-22-16(10-24)21(25)28-12-29-22/h2-5,7,9,11-12H,6,8H2,1H3,(H3,25,27,28,29). The van der Waals surface area contributed by atoms with Crippen LogP contribution in [-0.2, 0) is 6.42 Å². The van der Waals surface area contributed by atoms with Crippen LogP contribution in [0.2, 0.25) is 0 Å². The van der Waals surface area contributed by atoms with Crippen molar-refractivity contribution in [2.75, 3.05) is 24.7 Å². The zero-order valence-corrected chi connectivity index (χ0v) is 16.6. The molecule has 0 amide bonds. The van der Waals surface area contributed by atoms with Crippen molar-refractivity contribution < 1.29 is 9.13 Å². The summed E-state index contributed by atoms with van der Waals surface area (Å²) >= 11 is 0. The summed E-state index contributed by atoms with van der Waals surface area (Å²) in [5, 5.41) is 13.0. The first-order valence-electron chi connectivity index (χ1n) is 9.43. The molecular weight excluding hydrogens is 397 g/mol. The lowest BCUT2D eigenvalue weighted by Gasteiger charge is -2.17. The fourth-order valence-electron chi connectivity index (χ4n) is 3.40. The highest BCUT2D eigenvalue weighted by Crippen LogP contribution is 2.38. The number of anilines is 2.